The molecule has 7 nitrogen and oxygen atoms in total. The number of furan rings is 1. The maximum absolute atomic E-state index is 13.0. The molecule has 3 aromatic rings. The van der Waals surface area contributed by atoms with Crippen LogP contribution in [0, 0.1) is 5.82 Å². The second-order valence-corrected chi connectivity index (χ2v) is 6.62. The van der Waals surface area contributed by atoms with Crippen molar-refractivity contribution in [1.29, 1.82) is 0 Å². The zero-order valence-electron chi connectivity index (χ0n) is 16.3. The Morgan fingerprint density at radius 3 is 2.62 bits per heavy atom. The average molecular weight is 399 g/mol. The van der Waals surface area contributed by atoms with Gasteiger partial charge in [-0.25, -0.2) is 14.1 Å². The number of Topliss-reactive ketones (excluding diaryl/α,β-unsaturated/α-hetero) is 2. The topological polar surface area (TPSA) is 87.2 Å². The molecule has 0 saturated carbocycles. The molecule has 2 heterocycles. The van der Waals surface area contributed by atoms with Gasteiger partial charge in [0, 0.05) is 13.0 Å². The predicted molar refractivity (Wildman–Crippen MR) is 102 cm³/mol. The Morgan fingerprint density at radius 2 is 1.90 bits per heavy atom. The van der Waals surface area contributed by atoms with Crippen molar-refractivity contribution in [3.8, 4) is 0 Å². The van der Waals surface area contributed by atoms with Gasteiger partial charge in [-0.2, -0.15) is 0 Å². The minimum atomic E-state index is -0.775. The summed E-state index contributed by atoms with van der Waals surface area (Å²) in [5.74, 6) is -0.911. The molecule has 0 radical (unpaired) electrons. The van der Waals surface area contributed by atoms with Crippen molar-refractivity contribution in [1.82, 2.24) is 14.8 Å². The molecule has 29 heavy (non-hydrogen) atoms. The smallest absolute Gasteiger partial charge is 0.268 e. The Balaban J connectivity index is 1.59. The van der Waals surface area contributed by atoms with E-state index in [1.165, 1.54) is 23.1 Å². The van der Waals surface area contributed by atoms with Crippen molar-refractivity contribution in [2.45, 2.75) is 39.3 Å². The van der Waals surface area contributed by atoms with Gasteiger partial charge in [-0.15, -0.1) is 5.10 Å². The maximum Gasteiger partial charge on any atom is 0.268 e. The Hall–Kier alpha value is -3.13. The van der Waals surface area contributed by atoms with E-state index in [1.54, 1.807) is 31.2 Å². The predicted octanol–water partition coefficient (Wildman–Crippen LogP) is 3.54. The summed E-state index contributed by atoms with van der Waals surface area (Å²) in [7, 11) is 0. The largest absolute Gasteiger partial charge is 0.465 e. The summed E-state index contributed by atoms with van der Waals surface area (Å²) < 4.78 is 25.5. The molecule has 0 bridgehead atoms. The number of rotatable bonds is 10. The lowest BCUT2D eigenvalue weighted by molar-refractivity contribution is -0.114. The summed E-state index contributed by atoms with van der Waals surface area (Å²) in [6, 6.07) is 9.47. The van der Waals surface area contributed by atoms with Gasteiger partial charge in [0.25, 0.3) is 5.78 Å². The van der Waals surface area contributed by atoms with Crippen molar-refractivity contribution < 1.29 is 23.1 Å². The van der Waals surface area contributed by atoms with E-state index < -0.39 is 11.6 Å². The van der Waals surface area contributed by atoms with Gasteiger partial charge in [0.2, 0.25) is 11.6 Å². The average Bonchev–Trinajstić information content (AvgIpc) is 3.37. The zero-order chi connectivity index (χ0) is 20.8. The highest BCUT2D eigenvalue weighted by Crippen LogP contribution is 2.15. The third-order valence-corrected chi connectivity index (χ3v) is 4.24. The van der Waals surface area contributed by atoms with Gasteiger partial charge in [0.15, 0.2) is 0 Å². The molecule has 3 rings (SSSR count). The first kappa shape index (κ1) is 20.6. The fourth-order valence-corrected chi connectivity index (χ4v) is 2.70. The summed E-state index contributed by atoms with van der Waals surface area (Å²) in [6.07, 6.45) is 2.13. The molecule has 0 N–H and O–H groups in total. The first-order valence-electron chi connectivity index (χ1n) is 9.38. The van der Waals surface area contributed by atoms with Crippen LogP contribution in [0.3, 0.4) is 0 Å². The molecule has 1 aromatic carbocycles. The van der Waals surface area contributed by atoms with E-state index in [-0.39, 0.29) is 24.3 Å². The molecule has 0 aliphatic carbocycles. The standard InChI is InChI=1S/C21H22FN3O4/c1-3-10-28-14(2)25-13-23-21(24-25)20(27)19(26)12-18-9-8-17(29-18)11-15-4-6-16(22)7-5-15/h4-9,13-14H,3,10-12H2,1-2H3. The van der Waals surface area contributed by atoms with Crippen molar-refractivity contribution in [2.75, 3.05) is 6.61 Å². The number of hydrogen-bond acceptors (Lipinski definition) is 6. The van der Waals surface area contributed by atoms with Gasteiger partial charge in [-0.3, -0.25) is 9.59 Å². The van der Waals surface area contributed by atoms with Crippen LogP contribution in [0.1, 0.15) is 54.2 Å². The number of carbonyl (C=O) groups is 2. The normalized spacial score (nSPS) is 12.1. The van der Waals surface area contributed by atoms with Crippen LogP contribution in [-0.4, -0.2) is 32.9 Å². The number of nitrogens with zero attached hydrogens (tertiary/aromatic N) is 3. The summed E-state index contributed by atoms with van der Waals surface area (Å²) in [5, 5.41) is 4.04. The molecule has 0 spiro atoms. The molecule has 0 aliphatic heterocycles. The maximum atomic E-state index is 13.0. The fraction of sp³-hybridized carbons (Fsp3) is 0.333. The van der Waals surface area contributed by atoms with E-state index in [9.17, 15) is 14.0 Å². The van der Waals surface area contributed by atoms with Crippen molar-refractivity contribution >= 4 is 11.6 Å². The van der Waals surface area contributed by atoms with Gasteiger partial charge in [-0.1, -0.05) is 19.1 Å². The molecule has 0 amide bonds. The highest BCUT2D eigenvalue weighted by atomic mass is 19.1. The Morgan fingerprint density at radius 1 is 1.17 bits per heavy atom. The highest BCUT2D eigenvalue weighted by molar-refractivity contribution is 6.42. The Kier molecular flexibility index (Phi) is 6.66. The number of ketones is 2. The molecule has 0 aliphatic rings. The molecule has 0 saturated heterocycles. The molecule has 8 heteroatoms. The summed E-state index contributed by atoms with van der Waals surface area (Å²) >= 11 is 0. The number of ether oxygens (including phenoxy) is 1. The number of aromatic nitrogens is 3. The van der Waals surface area contributed by atoms with Gasteiger partial charge in [-0.05, 0) is 43.2 Å². The van der Waals surface area contributed by atoms with E-state index in [4.69, 9.17) is 9.15 Å². The van der Waals surface area contributed by atoms with Gasteiger partial charge >= 0.3 is 0 Å². The molecule has 0 fully saturated rings. The van der Waals surface area contributed by atoms with Crippen LogP contribution >= 0.6 is 0 Å². The third-order valence-electron chi connectivity index (χ3n) is 4.24. The van der Waals surface area contributed by atoms with Crippen LogP contribution in [0.4, 0.5) is 4.39 Å². The lowest BCUT2D eigenvalue weighted by Gasteiger charge is -2.11. The van der Waals surface area contributed by atoms with Gasteiger partial charge in [0.05, 0.1) is 6.42 Å². The third kappa shape index (κ3) is 5.45. The first-order chi connectivity index (χ1) is 14.0. The van der Waals surface area contributed by atoms with E-state index in [0.29, 0.717) is 24.5 Å². The van der Waals surface area contributed by atoms with E-state index in [1.807, 2.05) is 6.92 Å². The molecule has 1 unspecified atom stereocenters. The van der Waals surface area contributed by atoms with E-state index >= 15 is 0 Å². The van der Waals surface area contributed by atoms with Crippen LogP contribution in [0.5, 0.6) is 0 Å². The number of hydrogen-bond donors (Lipinski definition) is 0. The summed E-state index contributed by atoms with van der Waals surface area (Å²) in [4.78, 5) is 28.5. The molecule has 2 aromatic heterocycles. The molecular weight excluding hydrogens is 377 g/mol. The number of halogens is 1. The molecule has 152 valence electrons. The monoisotopic (exact) mass is 399 g/mol. The van der Waals surface area contributed by atoms with Gasteiger partial charge < -0.3 is 9.15 Å². The van der Waals surface area contributed by atoms with Crippen LogP contribution in [0.2, 0.25) is 0 Å². The van der Waals surface area contributed by atoms with Crippen LogP contribution in [0.25, 0.3) is 0 Å². The molecular formula is C21H22FN3O4. The quantitative estimate of drug-likeness (QED) is 0.383. The van der Waals surface area contributed by atoms with Crippen LogP contribution in [0.15, 0.2) is 47.1 Å². The number of benzene rings is 1. The molecule has 1 atom stereocenters. The minimum absolute atomic E-state index is 0.167. The fourth-order valence-electron chi connectivity index (χ4n) is 2.70. The van der Waals surface area contributed by atoms with Crippen molar-refractivity contribution in [3.63, 3.8) is 0 Å². The van der Waals surface area contributed by atoms with Crippen molar-refractivity contribution in [2.24, 2.45) is 0 Å². The summed E-state index contributed by atoms with van der Waals surface area (Å²) in [5.41, 5.74) is 0.879. The Labute approximate surface area is 167 Å². The second-order valence-electron chi connectivity index (χ2n) is 6.62. The lowest BCUT2D eigenvalue weighted by atomic mass is 10.1. The number of carbonyl (C=O) groups excluding carboxylic acids is 2. The van der Waals surface area contributed by atoms with Gasteiger partial charge in [0.1, 0.15) is 29.9 Å². The Bertz CT molecular complexity index is 978. The van der Waals surface area contributed by atoms with Crippen molar-refractivity contribution in [3.05, 3.63) is 71.5 Å². The van der Waals surface area contributed by atoms with E-state index in [2.05, 4.69) is 10.1 Å². The second kappa shape index (κ2) is 9.38. The summed E-state index contributed by atoms with van der Waals surface area (Å²) in [6.45, 7) is 4.33. The van der Waals surface area contributed by atoms with Crippen LogP contribution in [-0.2, 0) is 22.4 Å². The first-order valence-corrected chi connectivity index (χ1v) is 9.38. The minimum Gasteiger partial charge on any atom is -0.465 e. The zero-order valence-corrected chi connectivity index (χ0v) is 16.3. The lowest BCUT2D eigenvalue weighted by Crippen LogP contribution is -2.19. The SMILES string of the molecule is CCCOC(C)n1cnc(C(=O)C(=O)Cc2ccc(Cc3ccc(F)cc3)o2)n1. The highest BCUT2D eigenvalue weighted by Gasteiger charge is 2.23. The van der Waals surface area contributed by atoms with E-state index in [0.717, 1.165) is 12.0 Å². The van der Waals surface area contributed by atoms with Crippen LogP contribution < -0.4 is 0 Å².